The summed E-state index contributed by atoms with van der Waals surface area (Å²) in [5, 5.41) is 1.04. The Balaban J connectivity index is 1.39. The molecular formula is C21H17NO5S. The molecule has 0 aliphatic carbocycles. The largest absolute Gasteiger partial charge is 0.457 e. The number of nitrogens with zero attached hydrogens (tertiary/aromatic N) is 1. The van der Waals surface area contributed by atoms with Crippen LogP contribution in [-0.4, -0.2) is 22.9 Å². The maximum absolute atomic E-state index is 12.5. The van der Waals surface area contributed by atoms with Crippen molar-refractivity contribution in [3.05, 3.63) is 69.5 Å². The van der Waals surface area contributed by atoms with Gasteiger partial charge in [-0.25, -0.2) is 4.79 Å². The molecule has 2 aromatic heterocycles. The summed E-state index contributed by atoms with van der Waals surface area (Å²) in [7, 11) is 0. The van der Waals surface area contributed by atoms with Crippen molar-refractivity contribution in [2.45, 2.75) is 19.9 Å². The van der Waals surface area contributed by atoms with Crippen molar-refractivity contribution in [1.29, 1.82) is 0 Å². The average molecular weight is 395 g/mol. The predicted molar refractivity (Wildman–Crippen MR) is 107 cm³/mol. The molecule has 28 heavy (non-hydrogen) atoms. The van der Waals surface area contributed by atoms with Crippen molar-refractivity contribution in [2.75, 3.05) is 6.61 Å². The Bertz CT molecular complexity index is 1250. The topological polar surface area (TPSA) is 78.5 Å². The van der Waals surface area contributed by atoms with Gasteiger partial charge in [0.25, 0.3) is 0 Å². The molecule has 0 saturated carbocycles. The number of Topliss-reactive ketones (excluding diaryl/α,β-unsaturated/α-hetero) is 1. The Hall–Kier alpha value is -3.19. The van der Waals surface area contributed by atoms with Crippen LogP contribution in [0.15, 0.2) is 57.7 Å². The monoisotopic (exact) mass is 395 g/mol. The van der Waals surface area contributed by atoms with Crippen LogP contribution >= 0.6 is 11.3 Å². The van der Waals surface area contributed by atoms with E-state index in [0.717, 1.165) is 15.6 Å². The Morgan fingerprint density at radius 2 is 1.86 bits per heavy atom. The molecule has 2 aromatic carbocycles. The third-order valence-electron chi connectivity index (χ3n) is 4.57. The fourth-order valence-corrected chi connectivity index (χ4v) is 4.29. The van der Waals surface area contributed by atoms with Gasteiger partial charge >= 0.3 is 11.7 Å². The SMILES string of the molecule is Cc1c(C(=O)COC(=O)CCn2c(=O)oc3ccccc32)sc2ccccc12. The van der Waals surface area contributed by atoms with Crippen molar-refractivity contribution in [3.63, 3.8) is 0 Å². The van der Waals surface area contributed by atoms with E-state index in [2.05, 4.69) is 0 Å². The lowest BCUT2D eigenvalue weighted by Gasteiger charge is -2.05. The van der Waals surface area contributed by atoms with E-state index in [-0.39, 0.29) is 25.4 Å². The molecule has 0 atom stereocenters. The summed E-state index contributed by atoms with van der Waals surface area (Å²) in [5.41, 5.74) is 1.99. The molecule has 0 amide bonds. The number of fused-ring (bicyclic) bond motifs is 2. The molecule has 142 valence electrons. The Labute approximate surface area is 164 Å². The van der Waals surface area contributed by atoms with Crippen LogP contribution in [0.3, 0.4) is 0 Å². The number of rotatable bonds is 6. The van der Waals surface area contributed by atoms with E-state index < -0.39 is 11.7 Å². The molecule has 0 unspecified atom stereocenters. The van der Waals surface area contributed by atoms with Crippen molar-refractivity contribution in [2.24, 2.45) is 0 Å². The number of aryl methyl sites for hydroxylation is 2. The number of benzene rings is 2. The van der Waals surface area contributed by atoms with Crippen LogP contribution in [0.25, 0.3) is 21.2 Å². The molecule has 4 aromatic rings. The van der Waals surface area contributed by atoms with E-state index in [1.54, 1.807) is 24.3 Å². The van der Waals surface area contributed by atoms with Crippen molar-refractivity contribution >= 4 is 44.3 Å². The van der Waals surface area contributed by atoms with Gasteiger partial charge in [-0.2, -0.15) is 0 Å². The summed E-state index contributed by atoms with van der Waals surface area (Å²) in [5.74, 6) is -1.28. The van der Waals surface area contributed by atoms with E-state index in [4.69, 9.17) is 9.15 Å². The number of esters is 1. The normalized spacial score (nSPS) is 11.2. The first-order valence-corrected chi connectivity index (χ1v) is 9.61. The molecule has 0 bridgehead atoms. The zero-order chi connectivity index (χ0) is 19.7. The molecular weight excluding hydrogens is 378 g/mol. The van der Waals surface area contributed by atoms with Gasteiger partial charge in [-0.1, -0.05) is 30.3 Å². The lowest BCUT2D eigenvalue weighted by molar-refractivity contribution is -0.142. The Kier molecular flexibility index (Phi) is 4.83. The maximum atomic E-state index is 12.5. The summed E-state index contributed by atoms with van der Waals surface area (Å²) < 4.78 is 12.7. The zero-order valence-electron chi connectivity index (χ0n) is 15.1. The highest BCUT2D eigenvalue weighted by atomic mass is 32.1. The van der Waals surface area contributed by atoms with Crippen LogP contribution in [0.2, 0.25) is 0 Å². The molecule has 0 saturated heterocycles. The standard InChI is InChI=1S/C21H17NO5S/c1-13-14-6-2-5-9-18(14)28-20(13)16(23)12-26-19(24)10-11-22-15-7-3-4-8-17(15)27-21(22)25/h2-9H,10-12H2,1H3. The first-order valence-electron chi connectivity index (χ1n) is 8.80. The predicted octanol–water partition coefficient (Wildman–Crippen LogP) is 3.93. The number of aromatic nitrogens is 1. The summed E-state index contributed by atoms with van der Waals surface area (Å²) in [6.07, 6.45) is -0.0257. The summed E-state index contributed by atoms with van der Waals surface area (Å²) in [6, 6.07) is 14.8. The quantitative estimate of drug-likeness (QED) is 0.365. The molecule has 0 N–H and O–H groups in total. The molecule has 0 radical (unpaired) electrons. The number of hydrogen-bond acceptors (Lipinski definition) is 6. The number of ketones is 1. The second-order valence-electron chi connectivity index (χ2n) is 6.37. The van der Waals surface area contributed by atoms with Crippen LogP contribution in [0.1, 0.15) is 21.7 Å². The van der Waals surface area contributed by atoms with Crippen molar-refractivity contribution < 1.29 is 18.7 Å². The minimum atomic E-state index is -0.538. The molecule has 0 spiro atoms. The third-order valence-corrected chi connectivity index (χ3v) is 5.89. The van der Waals surface area contributed by atoms with Crippen LogP contribution in [0.5, 0.6) is 0 Å². The molecule has 6 nitrogen and oxygen atoms in total. The molecule has 0 aliphatic heterocycles. The van der Waals surface area contributed by atoms with Gasteiger partial charge in [0, 0.05) is 11.2 Å². The zero-order valence-corrected chi connectivity index (χ0v) is 16.0. The van der Waals surface area contributed by atoms with Gasteiger partial charge in [-0.3, -0.25) is 14.2 Å². The minimum Gasteiger partial charge on any atom is -0.457 e. The highest BCUT2D eigenvalue weighted by Gasteiger charge is 2.17. The minimum absolute atomic E-state index is 0.0257. The summed E-state index contributed by atoms with van der Waals surface area (Å²) >= 11 is 1.40. The third kappa shape index (κ3) is 3.36. The van der Waals surface area contributed by atoms with E-state index >= 15 is 0 Å². The van der Waals surface area contributed by atoms with Gasteiger partial charge in [0.05, 0.1) is 16.8 Å². The number of thiophene rings is 1. The van der Waals surface area contributed by atoms with Crippen molar-refractivity contribution in [1.82, 2.24) is 4.57 Å². The van der Waals surface area contributed by atoms with Gasteiger partial charge in [0.1, 0.15) is 0 Å². The van der Waals surface area contributed by atoms with Gasteiger partial charge in [0.15, 0.2) is 12.2 Å². The summed E-state index contributed by atoms with van der Waals surface area (Å²) in [6.45, 7) is 1.71. The Morgan fingerprint density at radius 3 is 2.68 bits per heavy atom. The van der Waals surface area contributed by atoms with E-state index in [1.807, 2.05) is 31.2 Å². The fourth-order valence-electron chi connectivity index (χ4n) is 3.15. The number of oxazole rings is 1. The summed E-state index contributed by atoms with van der Waals surface area (Å²) in [4.78, 5) is 37.0. The molecule has 2 heterocycles. The number of carbonyl (C=O) groups is 2. The highest BCUT2D eigenvalue weighted by molar-refractivity contribution is 7.21. The van der Waals surface area contributed by atoms with Crippen LogP contribution in [0, 0.1) is 6.92 Å². The number of hydrogen-bond donors (Lipinski definition) is 0. The second kappa shape index (κ2) is 7.44. The number of para-hydroxylation sites is 2. The van der Waals surface area contributed by atoms with Gasteiger partial charge in [-0.05, 0) is 36.1 Å². The lowest BCUT2D eigenvalue weighted by atomic mass is 10.1. The van der Waals surface area contributed by atoms with Crippen molar-refractivity contribution in [3.8, 4) is 0 Å². The highest BCUT2D eigenvalue weighted by Crippen LogP contribution is 2.30. The first-order chi connectivity index (χ1) is 13.5. The van der Waals surface area contributed by atoms with E-state index in [0.29, 0.717) is 16.0 Å². The number of ether oxygens (including phenoxy) is 1. The smallest absolute Gasteiger partial charge is 0.419 e. The van der Waals surface area contributed by atoms with Gasteiger partial charge < -0.3 is 9.15 Å². The molecule has 0 aliphatic rings. The van der Waals surface area contributed by atoms with Crippen LogP contribution in [0.4, 0.5) is 0 Å². The maximum Gasteiger partial charge on any atom is 0.419 e. The van der Waals surface area contributed by atoms with Crippen LogP contribution in [-0.2, 0) is 16.1 Å². The number of carbonyl (C=O) groups excluding carboxylic acids is 2. The second-order valence-corrected chi connectivity index (χ2v) is 7.43. The first kappa shape index (κ1) is 18.2. The average Bonchev–Trinajstić information content (AvgIpc) is 3.21. The van der Waals surface area contributed by atoms with E-state index in [1.165, 1.54) is 15.9 Å². The Morgan fingerprint density at radius 1 is 1.11 bits per heavy atom. The van der Waals surface area contributed by atoms with E-state index in [9.17, 15) is 14.4 Å². The molecule has 7 heteroatoms. The fraction of sp³-hybridized carbons (Fsp3) is 0.190. The lowest BCUT2D eigenvalue weighted by Crippen LogP contribution is -2.19. The van der Waals surface area contributed by atoms with Gasteiger partial charge in [-0.15, -0.1) is 11.3 Å². The molecule has 4 rings (SSSR count). The van der Waals surface area contributed by atoms with Gasteiger partial charge in [0.2, 0.25) is 5.78 Å². The molecule has 0 fully saturated rings. The van der Waals surface area contributed by atoms with Crippen LogP contribution < -0.4 is 5.76 Å².